The van der Waals surface area contributed by atoms with Crippen molar-refractivity contribution in [3.63, 3.8) is 0 Å². The highest BCUT2D eigenvalue weighted by Crippen LogP contribution is 2.14. The first-order chi connectivity index (χ1) is 11.0. The Balaban J connectivity index is 2.04. The summed E-state index contributed by atoms with van der Waals surface area (Å²) in [4.78, 5) is 10.6. The lowest BCUT2D eigenvalue weighted by atomic mass is 10.1. The lowest BCUT2D eigenvalue weighted by Gasteiger charge is -2.12. The van der Waals surface area contributed by atoms with Crippen LogP contribution in [-0.2, 0) is 24.4 Å². The third-order valence-electron chi connectivity index (χ3n) is 3.25. The molecule has 2 rings (SSSR count). The van der Waals surface area contributed by atoms with Crippen molar-refractivity contribution in [3.05, 3.63) is 52.7 Å². The third kappa shape index (κ3) is 5.26. The summed E-state index contributed by atoms with van der Waals surface area (Å²) in [6.07, 6.45) is 0. The molecule has 1 heterocycles. The van der Waals surface area contributed by atoms with Gasteiger partial charge < -0.3 is 15.0 Å². The fraction of sp³-hybridized carbons (Fsp3) is 0.412. The van der Waals surface area contributed by atoms with E-state index in [-0.39, 0.29) is 5.82 Å². The van der Waals surface area contributed by atoms with Gasteiger partial charge in [0.25, 0.3) is 0 Å². The Bertz CT molecular complexity index is 661. The summed E-state index contributed by atoms with van der Waals surface area (Å²) in [5.41, 5.74) is 2.43. The van der Waals surface area contributed by atoms with Crippen LogP contribution in [0.2, 0.25) is 0 Å². The number of hydrogen-bond acceptors (Lipinski definition) is 5. The maximum atomic E-state index is 14.1. The van der Waals surface area contributed by atoms with Gasteiger partial charge in [-0.3, -0.25) is 0 Å². The minimum Gasteiger partial charge on any atom is -0.377 e. The minimum absolute atomic E-state index is 0.183. The molecule has 23 heavy (non-hydrogen) atoms. The Hall–Kier alpha value is -2.05. The Kier molecular flexibility index (Phi) is 6.01. The van der Waals surface area contributed by atoms with Crippen LogP contribution in [0.15, 0.2) is 24.3 Å². The van der Waals surface area contributed by atoms with Crippen molar-refractivity contribution < 1.29 is 9.13 Å². The average Bonchev–Trinajstić information content (AvgIpc) is 2.47. The van der Waals surface area contributed by atoms with Gasteiger partial charge in [0.2, 0.25) is 0 Å². The van der Waals surface area contributed by atoms with E-state index in [9.17, 15) is 4.39 Å². The van der Waals surface area contributed by atoms with E-state index in [4.69, 9.17) is 4.74 Å². The highest BCUT2D eigenvalue weighted by atomic mass is 19.1. The second-order valence-electron chi connectivity index (χ2n) is 5.76. The fourth-order valence-electron chi connectivity index (χ4n) is 2.28. The molecule has 124 valence electrons. The number of hydrogen-bond donors (Lipinski definition) is 1. The predicted molar refractivity (Wildman–Crippen MR) is 88.6 cm³/mol. The van der Waals surface area contributed by atoms with Gasteiger partial charge in [0.05, 0.1) is 0 Å². The first-order valence-corrected chi connectivity index (χ1v) is 7.47. The quantitative estimate of drug-likeness (QED) is 0.851. The molecule has 0 atom stereocenters. The molecule has 2 aromatic rings. The van der Waals surface area contributed by atoms with E-state index in [0.29, 0.717) is 36.9 Å². The zero-order chi connectivity index (χ0) is 16.8. The van der Waals surface area contributed by atoms with Crippen molar-refractivity contribution in [2.24, 2.45) is 0 Å². The van der Waals surface area contributed by atoms with Gasteiger partial charge in [-0.2, -0.15) is 0 Å². The van der Waals surface area contributed by atoms with Crippen LogP contribution in [0.3, 0.4) is 0 Å². The van der Waals surface area contributed by atoms with Crippen LogP contribution in [0, 0.1) is 12.7 Å². The summed E-state index contributed by atoms with van der Waals surface area (Å²) in [6.45, 7) is 3.36. The zero-order valence-corrected chi connectivity index (χ0v) is 14.1. The highest BCUT2D eigenvalue weighted by Gasteiger charge is 2.06. The van der Waals surface area contributed by atoms with Gasteiger partial charge >= 0.3 is 0 Å². The molecule has 5 nitrogen and oxygen atoms in total. The van der Waals surface area contributed by atoms with Crippen LogP contribution in [0.25, 0.3) is 0 Å². The lowest BCUT2D eigenvalue weighted by Crippen LogP contribution is -2.12. The summed E-state index contributed by atoms with van der Waals surface area (Å²) < 4.78 is 19.1. The first kappa shape index (κ1) is 17.3. The minimum atomic E-state index is -0.183. The van der Waals surface area contributed by atoms with Crippen molar-refractivity contribution in [1.82, 2.24) is 14.9 Å². The number of aryl methyl sites for hydroxylation is 1. The van der Waals surface area contributed by atoms with Crippen molar-refractivity contribution >= 4 is 5.82 Å². The Morgan fingerprint density at radius 1 is 1.22 bits per heavy atom. The topological polar surface area (TPSA) is 50.3 Å². The van der Waals surface area contributed by atoms with Crippen molar-refractivity contribution in [3.8, 4) is 0 Å². The van der Waals surface area contributed by atoms with Crippen LogP contribution in [0.5, 0.6) is 0 Å². The summed E-state index contributed by atoms with van der Waals surface area (Å²) in [6, 6.07) is 7.18. The van der Waals surface area contributed by atoms with Crippen LogP contribution in [0.1, 0.15) is 22.6 Å². The molecule has 1 aromatic carbocycles. The molecule has 0 spiro atoms. The maximum Gasteiger partial charge on any atom is 0.156 e. The van der Waals surface area contributed by atoms with Gasteiger partial charge in [-0.05, 0) is 32.6 Å². The second-order valence-corrected chi connectivity index (χ2v) is 5.76. The Morgan fingerprint density at radius 3 is 2.65 bits per heavy atom. The molecule has 0 unspecified atom stereocenters. The normalized spacial score (nSPS) is 11.0. The number of halogens is 1. The summed E-state index contributed by atoms with van der Waals surface area (Å²) in [5, 5.41) is 3.20. The molecular weight excluding hydrogens is 295 g/mol. The zero-order valence-electron chi connectivity index (χ0n) is 14.1. The maximum absolute atomic E-state index is 14.1. The van der Waals surface area contributed by atoms with Crippen molar-refractivity contribution in [2.45, 2.75) is 26.6 Å². The number of aromatic nitrogens is 2. The second kappa shape index (κ2) is 7.99. The first-order valence-electron chi connectivity index (χ1n) is 7.47. The molecule has 0 aliphatic heterocycles. The number of anilines is 1. The van der Waals surface area contributed by atoms with Crippen molar-refractivity contribution in [1.29, 1.82) is 0 Å². The summed E-state index contributed by atoms with van der Waals surface area (Å²) >= 11 is 0. The Morgan fingerprint density at radius 2 is 2.00 bits per heavy atom. The molecule has 0 bridgehead atoms. The number of methoxy groups -OCH3 is 1. The highest BCUT2D eigenvalue weighted by molar-refractivity contribution is 5.37. The number of benzene rings is 1. The van der Waals surface area contributed by atoms with Crippen molar-refractivity contribution in [2.75, 3.05) is 26.5 Å². The van der Waals surface area contributed by atoms with E-state index in [0.717, 1.165) is 11.3 Å². The monoisotopic (exact) mass is 318 g/mol. The lowest BCUT2D eigenvalue weighted by molar-refractivity contribution is 0.177. The number of nitrogens with one attached hydrogen (secondary N) is 1. The molecule has 0 saturated carbocycles. The van der Waals surface area contributed by atoms with E-state index < -0.39 is 0 Å². The van der Waals surface area contributed by atoms with Gasteiger partial charge in [-0.1, -0.05) is 12.1 Å². The van der Waals surface area contributed by atoms with Gasteiger partial charge in [-0.25, -0.2) is 14.4 Å². The summed E-state index contributed by atoms with van der Waals surface area (Å²) in [5.74, 6) is 1.15. The molecule has 0 saturated heterocycles. The van der Waals surface area contributed by atoms with Gasteiger partial charge in [0.15, 0.2) is 5.82 Å². The van der Waals surface area contributed by atoms with Crippen LogP contribution in [-0.4, -0.2) is 36.1 Å². The van der Waals surface area contributed by atoms with E-state index in [2.05, 4.69) is 15.3 Å². The summed E-state index contributed by atoms with van der Waals surface area (Å²) in [7, 11) is 5.45. The van der Waals surface area contributed by atoms with E-state index >= 15 is 0 Å². The fourth-order valence-corrected chi connectivity index (χ4v) is 2.28. The SMILES string of the molecule is COCc1nc(C)cc(NCc2ccc(CN(C)C)c(F)c2)n1. The van der Waals surface area contributed by atoms with E-state index in [1.54, 1.807) is 13.2 Å². The number of rotatable bonds is 7. The average molecular weight is 318 g/mol. The molecular formula is C17H23FN4O. The standard InChI is InChI=1S/C17H23FN4O/c1-12-7-16(21-17(20-12)11-23-4)19-9-13-5-6-14(10-22(2)3)15(18)8-13/h5-8H,9-11H2,1-4H3,(H,19,20,21). The van der Waals surface area contributed by atoms with Crippen LogP contribution >= 0.6 is 0 Å². The van der Waals surface area contributed by atoms with Gasteiger partial charge in [-0.15, -0.1) is 0 Å². The molecule has 1 N–H and O–H groups in total. The number of ether oxygens (including phenoxy) is 1. The molecule has 0 amide bonds. The van der Waals surface area contributed by atoms with Gasteiger partial charge in [0.1, 0.15) is 18.2 Å². The molecule has 0 radical (unpaired) electrons. The molecule has 0 aliphatic carbocycles. The molecule has 0 fully saturated rings. The molecule has 6 heteroatoms. The predicted octanol–water partition coefficient (Wildman–Crippen LogP) is 2.74. The molecule has 0 aliphatic rings. The number of nitrogens with zero attached hydrogens (tertiary/aromatic N) is 3. The molecule has 1 aromatic heterocycles. The smallest absolute Gasteiger partial charge is 0.156 e. The third-order valence-corrected chi connectivity index (χ3v) is 3.25. The van der Waals surface area contributed by atoms with Gasteiger partial charge in [0, 0.05) is 37.5 Å². The largest absolute Gasteiger partial charge is 0.377 e. The van der Waals surface area contributed by atoms with Crippen LogP contribution < -0.4 is 5.32 Å². The van der Waals surface area contributed by atoms with E-state index in [1.165, 1.54) is 0 Å². The Labute approximate surface area is 136 Å². The van der Waals surface area contributed by atoms with Crippen LogP contribution in [0.4, 0.5) is 10.2 Å². The van der Waals surface area contributed by atoms with E-state index in [1.807, 2.05) is 44.1 Å².